The van der Waals surface area contributed by atoms with Gasteiger partial charge >= 0.3 is 0 Å². The lowest BCUT2D eigenvalue weighted by molar-refractivity contribution is -0.136. The lowest BCUT2D eigenvalue weighted by Crippen LogP contribution is -2.37. The molecule has 0 radical (unpaired) electrons. The Bertz CT molecular complexity index is 681. The molecule has 22 heavy (non-hydrogen) atoms. The fourth-order valence-corrected chi connectivity index (χ4v) is 3.35. The molecule has 1 aliphatic carbocycles. The van der Waals surface area contributed by atoms with Crippen LogP contribution in [-0.2, 0) is 16.1 Å². The van der Waals surface area contributed by atoms with E-state index < -0.39 is 0 Å². The fraction of sp³-hybridized carbons (Fsp3) is 0.421. The molecule has 0 unspecified atom stereocenters. The van der Waals surface area contributed by atoms with Crippen LogP contribution in [0.4, 0.5) is 0 Å². The number of benzene rings is 2. The molecule has 2 aromatic carbocycles. The van der Waals surface area contributed by atoms with Gasteiger partial charge in [0.15, 0.2) is 0 Å². The summed E-state index contributed by atoms with van der Waals surface area (Å²) in [5, 5.41) is 2.50. The minimum Gasteiger partial charge on any atom is -0.381 e. The van der Waals surface area contributed by atoms with E-state index in [1.165, 1.54) is 16.3 Å². The van der Waals surface area contributed by atoms with E-state index in [9.17, 15) is 4.79 Å². The molecule has 1 amide bonds. The van der Waals surface area contributed by atoms with Crippen molar-refractivity contribution >= 4 is 16.7 Å². The Hall–Kier alpha value is -1.87. The van der Waals surface area contributed by atoms with Crippen molar-refractivity contribution in [1.82, 2.24) is 4.90 Å². The Kier molecular flexibility index (Phi) is 3.59. The molecule has 2 aromatic rings. The molecule has 1 saturated carbocycles. The van der Waals surface area contributed by atoms with Gasteiger partial charge in [-0.2, -0.15) is 0 Å². The lowest BCUT2D eigenvalue weighted by Gasteiger charge is -2.26. The van der Waals surface area contributed by atoms with Crippen molar-refractivity contribution in [3.8, 4) is 0 Å². The van der Waals surface area contributed by atoms with Gasteiger partial charge in [-0.15, -0.1) is 0 Å². The van der Waals surface area contributed by atoms with Gasteiger partial charge in [0, 0.05) is 19.2 Å². The molecule has 0 spiro atoms. The first-order valence-electron chi connectivity index (χ1n) is 8.18. The molecule has 0 aromatic heterocycles. The van der Waals surface area contributed by atoms with Gasteiger partial charge in [0.2, 0.25) is 5.91 Å². The normalized spacial score (nSPS) is 21.2. The highest BCUT2D eigenvalue weighted by atomic mass is 16.5. The van der Waals surface area contributed by atoms with E-state index in [0.717, 1.165) is 32.4 Å². The molecule has 4 rings (SSSR count). The van der Waals surface area contributed by atoms with Crippen LogP contribution in [0.2, 0.25) is 0 Å². The van der Waals surface area contributed by atoms with Gasteiger partial charge in [-0.25, -0.2) is 0 Å². The summed E-state index contributed by atoms with van der Waals surface area (Å²) in [5.41, 5.74) is 1.25. The summed E-state index contributed by atoms with van der Waals surface area (Å²) in [6.45, 7) is 2.04. The third-order valence-corrected chi connectivity index (χ3v) is 4.77. The monoisotopic (exact) mass is 295 g/mol. The minimum atomic E-state index is 0.0653. The predicted octanol–water partition coefficient (Wildman–Crippen LogP) is 3.37. The zero-order valence-corrected chi connectivity index (χ0v) is 12.7. The molecule has 1 heterocycles. The van der Waals surface area contributed by atoms with E-state index in [0.29, 0.717) is 12.6 Å². The number of rotatable bonds is 4. The highest BCUT2D eigenvalue weighted by Crippen LogP contribution is 2.32. The quantitative estimate of drug-likeness (QED) is 0.865. The van der Waals surface area contributed by atoms with Crippen LogP contribution < -0.4 is 0 Å². The molecule has 1 aliphatic heterocycles. The molecule has 114 valence electrons. The van der Waals surface area contributed by atoms with Gasteiger partial charge in [-0.1, -0.05) is 42.5 Å². The van der Waals surface area contributed by atoms with Crippen LogP contribution >= 0.6 is 0 Å². The molecule has 3 nitrogen and oxygen atoms in total. The van der Waals surface area contributed by atoms with E-state index in [1.807, 2.05) is 0 Å². The van der Waals surface area contributed by atoms with E-state index in [2.05, 4.69) is 47.4 Å². The van der Waals surface area contributed by atoms with Gasteiger partial charge < -0.3 is 9.64 Å². The van der Waals surface area contributed by atoms with Gasteiger partial charge in [-0.05, 0) is 35.6 Å². The van der Waals surface area contributed by atoms with Crippen LogP contribution in [0, 0.1) is 5.92 Å². The molecule has 0 N–H and O–H groups in total. The number of carbonyl (C=O) groups is 1. The molecule has 1 saturated heterocycles. The Morgan fingerprint density at radius 3 is 2.68 bits per heavy atom. The fourth-order valence-electron chi connectivity index (χ4n) is 3.35. The first-order valence-corrected chi connectivity index (χ1v) is 8.18. The summed E-state index contributed by atoms with van der Waals surface area (Å²) in [7, 11) is 0. The molecular formula is C19H21NO2. The maximum atomic E-state index is 12.8. The lowest BCUT2D eigenvalue weighted by atomic mass is 10.0. The Labute approximate surface area is 130 Å². The number of amides is 1. The summed E-state index contributed by atoms with van der Waals surface area (Å²) in [6.07, 6.45) is 3.16. The molecule has 3 heteroatoms. The van der Waals surface area contributed by atoms with Crippen molar-refractivity contribution in [2.24, 2.45) is 5.92 Å². The van der Waals surface area contributed by atoms with E-state index in [4.69, 9.17) is 4.74 Å². The standard InChI is InChI=1S/C19H21NO2/c21-19(16-10-11-22-13-16)20(17-8-9-17)12-15-6-3-5-14-4-1-2-7-18(14)15/h1-7,16-17H,8-13H2/t16-/m0/s1. The van der Waals surface area contributed by atoms with Crippen molar-refractivity contribution in [1.29, 1.82) is 0 Å². The highest BCUT2D eigenvalue weighted by Gasteiger charge is 2.37. The van der Waals surface area contributed by atoms with E-state index in [1.54, 1.807) is 0 Å². The second-order valence-corrected chi connectivity index (χ2v) is 6.40. The average Bonchev–Trinajstić information content (AvgIpc) is 3.25. The predicted molar refractivity (Wildman–Crippen MR) is 86.4 cm³/mol. The van der Waals surface area contributed by atoms with Gasteiger partial charge in [0.05, 0.1) is 12.5 Å². The first kappa shape index (κ1) is 13.8. The second kappa shape index (κ2) is 5.73. The van der Waals surface area contributed by atoms with Crippen LogP contribution in [0.1, 0.15) is 24.8 Å². The van der Waals surface area contributed by atoms with E-state index >= 15 is 0 Å². The topological polar surface area (TPSA) is 29.5 Å². The van der Waals surface area contributed by atoms with Gasteiger partial charge in [0.1, 0.15) is 0 Å². The second-order valence-electron chi connectivity index (χ2n) is 6.40. The van der Waals surface area contributed by atoms with Crippen LogP contribution in [0.25, 0.3) is 10.8 Å². The molecule has 0 bridgehead atoms. The largest absolute Gasteiger partial charge is 0.381 e. The molecular weight excluding hydrogens is 274 g/mol. The highest BCUT2D eigenvalue weighted by molar-refractivity contribution is 5.86. The first-order chi connectivity index (χ1) is 10.8. The maximum Gasteiger partial charge on any atom is 0.228 e. The number of carbonyl (C=O) groups excluding carboxylic acids is 1. The third kappa shape index (κ3) is 2.61. The molecule has 1 atom stereocenters. The van der Waals surface area contributed by atoms with Gasteiger partial charge in [-0.3, -0.25) is 4.79 Å². The number of fused-ring (bicyclic) bond motifs is 1. The average molecular weight is 295 g/mol. The SMILES string of the molecule is O=C([C@H]1CCOC1)N(Cc1cccc2ccccc12)C1CC1. The van der Waals surface area contributed by atoms with Crippen LogP contribution in [0.3, 0.4) is 0 Å². The number of ether oxygens (including phenoxy) is 1. The van der Waals surface area contributed by atoms with Crippen molar-refractivity contribution in [3.05, 3.63) is 48.0 Å². The van der Waals surface area contributed by atoms with Crippen molar-refractivity contribution < 1.29 is 9.53 Å². The summed E-state index contributed by atoms with van der Waals surface area (Å²) < 4.78 is 5.40. The summed E-state index contributed by atoms with van der Waals surface area (Å²) in [6, 6.07) is 15.2. The number of nitrogens with zero attached hydrogens (tertiary/aromatic N) is 1. The zero-order valence-electron chi connectivity index (χ0n) is 12.7. The summed E-state index contributed by atoms with van der Waals surface area (Å²) >= 11 is 0. The van der Waals surface area contributed by atoms with E-state index in [-0.39, 0.29) is 11.8 Å². The minimum absolute atomic E-state index is 0.0653. The Morgan fingerprint density at radius 1 is 1.09 bits per heavy atom. The number of hydrogen-bond donors (Lipinski definition) is 0. The smallest absolute Gasteiger partial charge is 0.228 e. The summed E-state index contributed by atoms with van der Waals surface area (Å²) in [5.74, 6) is 0.350. The van der Waals surface area contributed by atoms with Crippen LogP contribution in [-0.4, -0.2) is 30.1 Å². The van der Waals surface area contributed by atoms with Crippen molar-refractivity contribution in [2.75, 3.05) is 13.2 Å². The number of hydrogen-bond acceptors (Lipinski definition) is 2. The zero-order chi connectivity index (χ0) is 14.9. The van der Waals surface area contributed by atoms with Crippen LogP contribution in [0.15, 0.2) is 42.5 Å². The molecule has 2 aliphatic rings. The maximum absolute atomic E-state index is 12.8. The molecule has 2 fully saturated rings. The van der Waals surface area contributed by atoms with Crippen molar-refractivity contribution in [3.63, 3.8) is 0 Å². The summed E-state index contributed by atoms with van der Waals surface area (Å²) in [4.78, 5) is 14.9. The third-order valence-electron chi connectivity index (χ3n) is 4.77. The van der Waals surface area contributed by atoms with Crippen LogP contribution in [0.5, 0.6) is 0 Å². The van der Waals surface area contributed by atoms with Gasteiger partial charge in [0.25, 0.3) is 0 Å². The Morgan fingerprint density at radius 2 is 1.91 bits per heavy atom. The Balaban J connectivity index is 1.62. The van der Waals surface area contributed by atoms with Crippen molar-refractivity contribution in [2.45, 2.75) is 31.8 Å².